The van der Waals surface area contributed by atoms with Gasteiger partial charge in [0, 0.05) is 20.1 Å². The molecule has 0 aliphatic carbocycles. The number of nitrogens with zero attached hydrogens (tertiary/aromatic N) is 2. The first-order valence-corrected chi connectivity index (χ1v) is 11.6. The monoisotopic (exact) mass is 484 g/mol. The number of amides is 2. The van der Waals surface area contributed by atoms with Crippen LogP contribution in [0.3, 0.4) is 0 Å². The number of carbonyl (C=O) groups excluding carboxylic acids is 2. The van der Waals surface area contributed by atoms with Crippen molar-refractivity contribution in [1.82, 2.24) is 15.5 Å². The van der Waals surface area contributed by atoms with Crippen molar-refractivity contribution in [3.05, 3.63) is 33.8 Å². The number of aliphatic imine (C=N–C) groups is 1. The van der Waals surface area contributed by atoms with Crippen LogP contribution in [-0.2, 0) is 9.59 Å². The number of carbonyl (C=O) groups is 3. The van der Waals surface area contributed by atoms with Crippen LogP contribution in [0, 0.1) is 0 Å². The minimum Gasteiger partial charge on any atom is -0.480 e. The molecule has 1 aliphatic heterocycles. The van der Waals surface area contributed by atoms with Gasteiger partial charge in [-0.25, -0.2) is 4.79 Å². The van der Waals surface area contributed by atoms with Crippen LogP contribution in [0.5, 0.6) is 0 Å². The van der Waals surface area contributed by atoms with E-state index < -0.39 is 17.9 Å². The third-order valence-corrected chi connectivity index (χ3v) is 5.89. The molecular formula is C22H30Cl2N4O4. The molecule has 1 heterocycles. The molecule has 176 valence electrons. The zero-order valence-electron chi connectivity index (χ0n) is 18.2. The van der Waals surface area contributed by atoms with E-state index in [1.807, 2.05) is 0 Å². The first kappa shape index (κ1) is 25.9. The van der Waals surface area contributed by atoms with Crippen molar-refractivity contribution in [1.29, 1.82) is 0 Å². The fourth-order valence-corrected chi connectivity index (χ4v) is 3.95. The van der Waals surface area contributed by atoms with E-state index in [2.05, 4.69) is 15.6 Å². The van der Waals surface area contributed by atoms with Crippen LogP contribution in [0.1, 0.15) is 55.3 Å². The molecule has 1 atom stereocenters. The van der Waals surface area contributed by atoms with E-state index in [9.17, 15) is 19.5 Å². The number of nitrogens with one attached hydrogen (secondary N) is 2. The number of unbranched alkanes of at least 4 members (excludes halogenated alkanes) is 5. The standard InChI is InChI=1S/C22H30Cl2N4O4/c1-28-14-13-26-19(21(28)30)25-12-7-5-3-2-4-6-11-17(22(31)32)27-20(29)18-15(23)9-8-10-16(18)24/h8-10,17H,2-7,11-14H2,1H3,(H,25,26)(H,27,29)(H,31,32). The number of carboxylic acids is 1. The number of amidine groups is 1. The van der Waals surface area contributed by atoms with E-state index in [1.165, 1.54) is 12.1 Å². The van der Waals surface area contributed by atoms with Crippen LogP contribution < -0.4 is 10.6 Å². The van der Waals surface area contributed by atoms with E-state index in [1.54, 1.807) is 18.0 Å². The molecule has 0 saturated carbocycles. The van der Waals surface area contributed by atoms with Gasteiger partial charge in [-0.05, 0) is 25.0 Å². The molecule has 0 fully saturated rings. The van der Waals surface area contributed by atoms with Crippen molar-refractivity contribution < 1.29 is 19.5 Å². The van der Waals surface area contributed by atoms with Gasteiger partial charge in [0.15, 0.2) is 5.84 Å². The molecule has 10 heteroatoms. The fourth-order valence-electron chi connectivity index (χ4n) is 3.38. The second kappa shape index (κ2) is 13.3. The quantitative estimate of drug-likeness (QED) is 0.393. The van der Waals surface area contributed by atoms with Gasteiger partial charge in [-0.15, -0.1) is 0 Å². The Morgan fingerprint density at radius 3 is 2.41 bits per heavy atom. The lowest BCUT2D eigenvalue weighted by molar-refractivity contribution is -0.139. The van der Waals surface area contributed by atoms with Crippen LogP contribution in [0.2, 0.25) is 10.0 Å². The first-order chi connectivity index (χ1) is 15.3. The molecule has 0 radical (unpaired) electrons. The molecule has 1 aromatic carbocycles. The summed E-state index contributed by atoms with van der Waals surface area (Å²) >= 11 is 12.0. The van der Waals surface area contributed by atoms with Crippen molar-refractivity contribution in [2.24, 2.45) is 4.99 Å². The minimum absolute atomic E-state index is 0.0619. The number of benzene rings is 1. The third kappa shape index (κ3) is 7.98. The van der Waals surface area contributed by atoms with Crippen molar-refractivity contribution in [3.8, 4) is 0 Å². The molecule has 0 bridgehead atoms. The Hall–Kier alpha value is -2.32. The summed E-state index contributed by atoms with van der Waals surface area (Å²) in [5.41, 5.74) is 0.0863. The Morgan fingerprint density at radius 2 is 1.75 bits per heavy atom. The predicted octanol–water partition coefficient (Wildman–Crippen LogP) is 3.37. The lowest BCUT2D eigenvalue weighted by atomic mass is 10.0. The number of halogens is 2. The Morgan fingerprint density at radius 1 is 1.12 bits per heavy atom. The average molecular weight is 485 g/mol. The Kier molecular flexibility index (Phi) is 10.8. The van der Waals surface area contributed by atoms with Crippen molar-refractivity contribution in [3.63, 3.8) is 0 Å². The highest BCUT2D eigenvalue weighted by molar-refractivity contribution is 6.39. The van der Waals surface area contributed by atoms with Gasteiger partial charge in [0.25, 0.3) is 11.8 Å². The van der Waals surface area contributed by atoms with Gasteiger partial charge < -0.3 is 20.6 Å². The van der Waals surface area contributed by atoms with Crippen molar-refractivity contribution in [2.45, 2.75) is 51.0 Å². The van der Waals surface area contributed by atoms with Gasteiger partial charge in [-0.1, -0.05) is 61.4 Å². The van der Waals surface area contributed by atoms with E-state index in [-0.39, 0.29) is 21.5 Å². The molecule has 8 nitrogen and oxygen atoms in total. The molecule has 0 spiro atoms. The van der Waals surface area contributed by atoms with E-state index in [4.69, 9.17) is 23.2 Å². The smallest absolute Gasteiger partial charge is 0.326 e. The van der Waals surface area contributed by atoms with Crippen LogP contribution in [-0.4, -0.2) is 66.3 Å². The number of rotatable bonds is 12. The van der Waals surface area contributed by atoms with Gasteiger partial charge in [0.1, 0.15) is 6.04 Å². The molecule has 1 aliphatic rings. The van der Waals surface area contributed by atoms with Crippen molar-refractivity contribution >= 4 is 46.8 Å². The van der Waals surface area contributed by atoms with E-state index in [0.29, 0.717) is 38.3 Å². The van der Waals surface area contributed by atoms with Gasteiger partial charge in [-0.3, -0.25) is 14.6 Å². The van der Waals surface area contributed by atoms with Crippen LogP contribution in [0.25, 0.3) is 0 Å². The zero-order valence-corrected chi connectivity index (χ0v) is 19.7. The van der Waals surface area contributed by atoms with Crippen LogP contribution >= 0.6 is 23.2 Å². The molecular weight excluding hydrogens is 455 g/mol. The number of hydrogen-bond acceptors (Lipinski definition) is 5. The number of aliphatic carboxylic acids is 1. The summed E-state index contributed by atoms with van der Waals surface area (Å²) in [5.74, 6) is -1.29. The lowest BCUT2D eigenvalue weighted by Crippen LogP contribution is -2.45. The molecule has 0 saturated heterocycles. The largest absolute Gasteiger partial charge is 0.480 e. The van der Waals surface area contributed by atoms with E-state index in [0.717, 1.165) is 32.1 Å². The molecule has 3 N–H and O–H groups in total. The highest BCUT2D eigenvalue weighted by atomic mass is 35.5. The lowest BCUT2D eigenvalue weighted by Gasteiger charge is -2.22. The number of likely N-dealkylation sites (N-methyl/N-ethyl adjacent to an activating group) is 1. The first-order valence-electron chi connectivity index (χ1n) is 10.8. The molecule has 1 aromatic rings. The Bertz CT molecular complexity index is 827. The molecule has 2 rings (SSSR count). The van der Waals surface area contributed by atoms with Gasteiger partial charge >= 0.3 is 5.97 Å². The summed E-state index contributed by atoms with van der Waals surface area (Å²) in [7, 11) is 1.77. The SMILES string of the molecule is CN1CCN=C(NCCCCCCCCC(NC(=O)c2c(Cl)cccc2Cl)C(=O)O)C1=O. The third-order valence-electron chi connectivity index (χ3n) is 5.26. The minimum atomic E-state index is -1.08. The van der Waals surface area contributed by atoms with Crippen molar-refractivity contribution in [2.75, 3.05) is 26.7 Å². The highest BCUT2D eigenvalue weighted by Gasteiger charge is 2.23. The summed E-state index contributed by atoms with van der Waals surface area (Å²) in [6.07, 6.45) is 5.82. The zero-order chi connectivity index (χ0) is 23.5. The average Bonchev–Trinajstić information content (AvgIpc) is 2.74. The second-order valence-electron chi connectivity index (χ2n) is 7.75. The second-order valence-corrected chi connectivity index (χ2v) is 8.57. The number of hydrogen-bond donors (Lipinski definition) is 3. The maximum Gasteiger partial charge on any atom is 0.326 e. The maximum atomic E-state index is 12.4. The Balaban J connectivity index is 1.61. The van der Waals surface area contributed by atoms with E-state index >= 15 is 0 Å². The van der Waals surface area contributed by atoms with Gasteiger partial charge in [0.2, 0.25) is 0 Å². The predicted molar refractivity (Wildman–Crippen MR) is 126 cm³/mol. The summed E-state index contributed by atoms with van der Waals surface area (Å²) in [5, 5.41) is 15.4. The van der Waals surface area contributed by atoms with Gasteiger partial charge in [-0.2, -0.15) is 0 Å². The normalized spacial score (nSPS) is 14.7. The fraction of sp³-hybridized carbons (Fsp3) is 0.545. The number of carboxylic acid groups (broad SMARTS) is 1. The topological polar surface area (TPSA) is 111 Å². The summed E-state index contributed by atoms with van der Waals surface area (Å²) in [4.78, 5) is 41.7. The summed E-state index contributed by atoms with van der Waals surface area (Å²) in [6.45, 7) is 1.99. The van der Waals surface area contributed by atoms with Gasteiger partial charge in [0.05, 0.1) is 22.2 Å². The molecule has 32 heavy (non-hydrogen) atoms. The molecule has 2 amide bonds. The Labute approximate surface area is 198 Å². The van der Waals surface area contributed by atoms with Crippen LogP contribution in [0.4, 0.5) is 0 Å². The highest BCUT2D eigenvalue weighted by Crippen LogP contribution is 2.24. The maximum absolute atomic E-state index is 12.4. The summed E-state index contributed by atoms with van der Waals surface area (Å²) in [6, 6.07) is 3.69. The molecule has 1 unspecified atom stereocenters. The summed E-state index contributed by atoms with van der Waals surface area (Å²) < 4.78 is 0. The van der Waals surface area contributed by atoms with Crippen LogP contribution in [0.15, 0.2) is 23.2 Å². The molecule has 0 aromatic heterocycles.